The molecule has 7 nitrogen and oxygen atoms in total. The summed E-state index contributed by atoms with van der Waals surface area (Å²) >= 11 is 0. The van der Waals surface area contributed by atoms with Crippen molar-refractivity contribution in [2.75, 3.05) is 18.5 Å². The molecule has 23 heavy (non-hydrogen) atoms. The second kappa shape index (κ2) is 7.73. The molecule has 1 fully saturated rings. The molecule has 1 atom stereocenters. The fraction of sp³-hybridized carbons (Fsp3) is 0.438. The lowest BCUT2D eigenvalue weighted by Gasteiger charge is -2.10. The van der Waals surface area contributed by atoms with Crippen molar-refractivity contribution >= 4 is 23.5 Å². The minimum absolute atomic E-state index is 0.00879. The smallest absolute Gasteiger partial charge is 0.325 e. The molecule has 0 aromatic heterocycles. The summed E-state index contributed by atoms with van der Waals surface area (Å²) in [7, 11) is 0. The molecule has 1 aliphatic rings. The van der Waals surface area contributed by atoms with E-state index >= 15 is 0 Å². The Morgan fingerprint density at radius 1 is 1.26 bits per heavy atom. The molecule has 0 heterocycles. The van der Waals surface area contributed by atoms with Gasteiger partial charge in [0.1, 0.15) is 12.6 Å². The van der Waals surface area contributed by atoms with Crippen LogP contribution in [0.2, 0.25) is 0 Å². The van der Waals surface area contributed by atoms with Crippen molar-refractivity contribution in [2.45, 2.75) is 25.8 Å². The normalized spacial score (nSPS) is 14.8. The lowest BCUT2D eigenvalue weighted by atomic mass is 10.2. The second-order valence-electron chi connectivity index (χ2n) is 5.62. The number of amides is 2. The van der Waals surface area contributed by atoms with Crippen LogP contribution in [0, 0.1) is 5.92 Å². The van der Waals surface area contributed by atoms with Crippen molar-refractivity contribution < 1.29 is 24.2 Å². The molecule has 1 aromatic rings. The van der Waals surface area contributed by atoms with Gasteiger partial charge in [-0.05, 0) is 49.9 Å². The predicted molar refractivity (Wildman–Crippen MR) is 83.2 cm³/mol. The highest BCUT2D eigenvalue weighted by Gasteiger charge is 2.21. The Labute approximate surface area is 134 Å². The molecule has 7 heteroatoms. The number of hydrogen-bond donors (Lipinski definition) is 3. The standard InChI is InChI=1S/C16H20N2O5/c1-10(16(21)22)17-15(20)12-4-6-13(7-5-12)18-14(19)9-23-8-11-2-3-11/h4-7,10-11H,2-3,8-9H2,1H3,(H,17,20)(H,18,19)(H,21,22). The number of hydrogen-bond acceptors (Lipinski definition) is 4. The highest BCUT2D eigenvalue weighted by molar-refractivity contribution is 5.97. The molecule has 2 rings (SSSR count). The molecule has 1 aliphatic carbocycles. The topological polar surface area (TPSA) is 105 Å². The van der Waals surface area contributed by atoms with E-state index < -0.39 is 17.9 Å². The Bertz CT molecular complexity index is 581. The zero-order valence-electron chi connectivity index (χ0n) is 12.9. The number of carbonyl (C=O) groups excluding carboxylic acids is 2. The number of carbonyl (C=O) groups is 3. The third-order valence-electron chi connectivity index (χ3n) is 3.43. The average Bonchev–Trinajstić information content (AvgIpc) is 3.32. The van der Waals surface area contributed by atoms with Crippen LogP contribution in [0.5, 0.6) is 0 Å². The third kappa shape index (κ3) is 5.71. The quantitative estimate of drug-likeness (QED) is 0.669. The minimum Gasteiger partial charge on any atom is -0.480 e. The van der Waals surface area contributed by atoms with Crippen LogP contribution in [0.25, 0.3) is 0 Å². The van der Waals surface area contributed by atoms with Crippen LogP contribution in [-0.2, 0) is 14.3 Å². The maximum Gasteiger partial charge on any atom is 0.325 e. The molecule has 1 aromatic carbocycles. The van der Waals surface area contributed by atoms with E-state index in [4.69, 9.17) is 9.84 Å². The van der Waals surface area contributed by atoms with Crippen molar-refractivity contribution in [1.29, 1.82) is 0 Å². The number of ether oxygens (including phenoxy) is 1. The first-order valence-corrected chi connectivity index (χ1v) is 7.47. The number of nitrogens with one attached hydrogen (secondary N) is 2. The first kappa shape index (κ1) is 17.0. The van der Waals surface area contributed by atoms with Gasteiger partial charge in [0, 0.05) is 11.3 Å². The van der Waals surface area contributed by atoms with E-state index in [-0.39, 0.29) is 12.5 Å². The summed E-state index contributed by atoms with van der Waals surface area (Å²) in [5.74, 6) is -1.23. The SMILES string of the molecule is CC(NC(=O)c1ccc(NC(=O)COCC2CC2)cc1)C(=O)O. The molecule has 3 N–H and O–H groups in total. The van der Waals surface area contributed by atoms with Crippen LogP contribution in [0.4, 0.5) is 5.69 Å². The van der Waals surface area contributed by atoms with E-state index in [1.807, 2.05) is 0 Å². The maximum absolute atomic E-state index is 11.8. The number of benzene rings is 1. The van der Waals surface area contributed by atoms with Crippen LogP contribution < -0.4 is 10.6 Å². The molecule has 0 spiro atoms. The van der Waals surface area contributed by atoms with Gasteiger partial charge >= 0.3 is 5.97 Å². The van der Waals surface area contributed by atoms with E-state index in [1.54, 1.807) is 12.1 Å². The Kier molecular flexibility index (Phi) is 5.70. The van der Waals surface area contributed by atoms with Crippen LogP contribution in [-0.4, -0.2) is 42.1 Å². The molecular formula is C16H20N2O5. The largest absolute Gasteiger partial charge is 0.480 e. The van der Waals surface area contributed by atoms with E-state index in [0.29, 0.717) is 23.8 Å². The van der Waals surface area contributed by atoms with E-state index in [9.17, 15) is 14.4 Å². The minimum atomic E-state index is -1.10. The summed E-state index contributed by atoms with van der Waals surface area (Å²) in [5.41, 5.74) is 0.869. The lowest BCUT2D eigenvalue weighted by molar-refractivity contribution is -0.138. The molecule has 0 bridgehead atoms. The number of carboxylic acid groups (broad SMARTS) is 1. The van der Waals surface area contributed by atoms with Gasteiger partial charge in [0.2, 0.25) is 5.91 Å². The summed E-state index contributed by atoms with van der Waals surface area (Å²) < 4.78 is 5.29. The van der Waals surface area contributed by atoms with E-state index in [0.717, 1.165) is 0 Å². The fourth-order valence-electron chi connectivity index (χ4n) is 1.85. The van der Waals surface area contributed by atoms with Gasteiger partial charge in [-0.3, -0.25) is 14.4 Å². The van der Waals surface area contributed by atoms with Gasteiger partial charge in [0.25, 0.3) is 5.91 Å². The Hall–Kier alpha value is -2.41. The third-order valence-corrected chi connectivity index (χ3v) is 3.43. The molecule has 0 aliphatic heterocycles. The van der Waals surface area contributed by atoms with Crippen molar-refractivity contribution in [3.63, 3.8) is 0 Å². The molecule has 0 saturated heterocycles. The Balaban J connectivity index is 1.79. The predicted octanol–water partition coefficient (Wildman–Crippen LogP) is 1.25. The van der Waals surface area contributed by atoms with Gasteiger partial charge in [-0.2, -0.15) is 0 Å². The highest BCUT2D eigenvalue weighted by atomic mass is 16.5. The summed E-state index contributed by atoms with van der Waals surface area (Å²) in [6, 6.07) is 5.23. The zero-order chi connectivity index (χ0) is 16.8. The molecule has 1 unspecified atom stereocenters. The number of aliphatic carboxylic acids is 1. The van der Waals surface area contributed by atoms with Crippen LogP contribution in [0.15, 0.2) is 24.3 Å². The monoisotopic (exact) mass is 320 g/mol. The van der Waals surface area contributed by atoms with Gasteiger partial charge < -0.3 is 20.5 Å². The van der Waals surface area contributed by atoms with Gasteiger partial charge in [-0.25, -0.2) is 0 Å². The van der Waals surface area contributed by atoms with Crippen molar-refractivity contribution in [3.05, 3.63) is 29.8 Å². The van der Waals surface area contributed by atoms with Gasteiger partial charge in [0.05, 0.1) is 6.61 Å². The number of rotatable bonds is 8. The first-order chi connectivity index (χ1) is 11.0. The molecule has 124 valence electrons. The number of carboxylic acids is 1. The second-order valence-corrected chi connectivity index (χ2v) is 5.62. The molecule has 2 amide bonds. The van der Waals surface area contributed by atoms with Crippen LogP contribution >= 0.6 is 0 Å². The molecular weight excluding hydrogens is 300 g/mol. The van der Waals surface area contributed by atoms with E-state index in [1.165, 1.54) is 31.9 Å². The van der Waals surface area contributed by atoms with Crippen molar-refractivity contribution in [1.82, 2.24) is 5.32 Å². The van der Waals surface area contributed by atoms with Crippen molar-refractivity contribution in [2.24, 2.45) is 5.92 Å². The van der Waals surface area contributed by atoms with Gasteiger partial charge in [-0.1, -0.05) is 0 Å². The van der Waals surface area contributed by atoms with Crippen LogP contribution in [0.3, 0.4) is 0 Å². The van der Waals surface area contributed by atoms with Crippen molar-refractivity contribution in [3.8, 4) is 0 Å². The van der Waals surface area contributed by atoms with Gasteiger partial charge in [-0.15, -0.1) is 0 Å². The maximum atomic E-state index is 11.8. The highest BCUT2D eigenvalue weighted by Crippen LogP contribution is 2.28. The summed E-state index contributed by atoms with van der Waals surface area (Å²) in [5, 5.41) is 13.8. The number of anilines is 1. The first-order valence-electron chi connectivity index (χ1n) is 7.47. The molecule has 0 radical (unpaired) electrons. The fourth-order valence-corrected chi connectivity index (χ4v) is 1.85. The summed E-state index contributed by atoms with van der Waals surface area (Å²) in [6.07, 6.45) is 2.34. The molecule has 1 saturated carbocycles. The average molecular weight is 320 g/mol. The summed E-state index contributed by atoms with van der Waals surface area (Å²) in [4.78, 5) is 34.2. The Morgan fingerprint density at radius 3 is 2.48 bits per heavy atom. The zero-order valence-corrected chi connectivity index (χ0v) is 12.9. The van der Waals surface area contributed by atoms with E-state index in [2.05, 4.69) is 10.6 Å². The van der Waals surface area contributed by atoms with Gasteiger partial charge in [0.15, 0.2) is 0 Å². The van der Waals surface area contributed by atoms with Crippen LogP contribution in [0.1, 0.15) is 30.1 Å². The summed E-state index contributed by atoms with van der Waals surface area (Å²) in [6.45, 7) is 2.01. The lowest BCUT2D eigenvalue weighted by Crippen LogP contribution is -2.38. The Morgan fingerprint density at radius 2 is 1.91 bits per heavy atom.